The minimum Gasteiger partial charge on any atom is -0.378 e. The molecular weight excluding hydrogens is 358 g/mol. The summed E-state index contributed by atoms with van der Waals surface area (Å²) in [7, 11) is 0. The van der Waals surface area contributed by atoms with E-state index in [4.69, 9.17) is 14.5 Å². The SMILES string of the molecule is c1cc(N2CCN(c3cc4c(nn3)CCOC4)CC2)nc(N2CCOCC2)n1. The van der Waals surface area contributed by atoms with E-state index in [0.717, 1.165) is 88.8 Å². The Kier molecular flexibility index (Phi) is 4.92. The predicted molar refractivity (Wildman–Crippen MR) is 105 cm³/mol. The fourth-order valence-corrected chi connectivity index (χ4v) is 3.88. The number of anilines is 3. The summed E-state index contributed by atoms with van der Waals surface area (Å²) in [5.41, 5.74) is 2.25. The molecule has 28 heavy (non-hydrogen) atoms. The number of hydrogen-bond acceptors (Lipinski definition) is 9. The van der Waals surface area contributed by atoms with E-state index in [2.05, 4.69) is 35.9 Å². The molecule has 5 heterocycles. The third kappa shape index (κ3) is 3.59. The Balaban J connectivity index is 1.25. The summed E-state index contributed by atoms with van der Waals surface area (Å²) in [6.07, 6.45) is 2.71. The van der Waals surface area contributed by atoms with E-state index < -0.39 is 0 Å². The van der Waals surface area contributed by atoms with Crippen molar-refractivity contribution in [2.75, 3.05) is 73.8 Å². The molecule has 5 rings (SSSR count). The molecule has 3 aliphatic heterocycles. The summed E-state index contributed by atoms with van der Waals surface area (Å²) in [6, 6.07) is 4.13. The van der Waals surface area contributed by atoms with Crippen molar-refractivity contribution in [3.63, 3.8) is 0 Å². The van der Waals surface area contributed by atoms with E-state index in [1.165, 1.54) is 5.56 Å². The van der Waals surface area contributed by atoms with Crippen LogP contribution in [0.4, 0.5) is 17.6 Å². The van der Waals surface area contributed by atoms with Crippen molar-refractivity contribution in [3.05, 3.63) is 29.6 Å². The largest absolute Gasteiger partial charge is 0.378 e. The molecule has 148 valence electrons. The Morgan fingerprint density at radius 2 is 1.57 bits per heavy atom. The second kappa shape index (κ2) is 7.84. The zero-order valence-corrected chi connectivity index (χ0v) is 16.0. The van der Waals surface area contributed by atoms with Crippen LogP contribution >= 0.6 is 0 Å². The highest BCUT2D eigenvalue weighted by atomic mass is 16.5. The average Bonchev–Trinajstić information content (AvgIpc) is 2.79. The highest BCUT2D eigenvalue weighted by Crippen LogP contribution is 2.22. The second-order valence-electron chi connectivity index (χ2n) is 7.27. The van der Waals surface area contributed by atoms with Gasteiger partial charge in [-0.15, -0.1) is 5.10 Å². The van der Waals surface area contributed by atoms with Gasteiger partial charge in [-0.3, -0.25) is 0 Å². The number of piperazine rings is 1. The molecule has 0 bridgehead atoms. The molecule has 2 fully saturated rings. The van der Waals surface area contributed by atoms with Crippen LogP contribution in [-0.2, 0) is 22.5 Å². The molecule has 2 aromatic heterocycles. The first-order valence-corrected chi connectivity index (χ1v) is 9.96. The zero-order chi connectivity index (χ0) is 18.8. The molecule has 9 heteroatoms. The number of fused-ring (bicyclic) bond motifs is 1. The molecule has 9 nitrogen and oxygen atoms in total. The van der Waals surface area contributed by atoms with Crippen molar-refractivity contribution in [1.82, 2.24) is 20.2 Å². The van der Waals surface area contributed by atoms with Gasteiger partial charge in [0.05, 0.1) is 32.1 Å². The molecule has 0 spiro atoms. The van der Waals surface area contributed by atoms with Crippen LogP contribution in [0.15, 0.2) is 18.3 Å². The summed E-state index contributed by atoms with van der Waals surface area (Å²) in [6.45, 7) is 8.13. The van der Waals surface area contributed by atoms with Gasteiger partial charge in [-0.25, -0.2) is 4.98 Å². The Morgan fingerprint density at radius 1 is 0.786 bits per heavy atom. The number of morpholine rings is 1. The topological polar surface area (TPSA) is 79.7 Å². The van der Waals surface area contributed by atoms with Crippen molar-refractivity contribution in [3.8, 4) is 0 Å². The summed E-state index contributed by atoms with van der Waals surface area (Å²) in [5, 5.41) is 8.86. The first kappa shape index (κ1) is 17.6. The van der Waals surface area contributed by atoms with Crippen LogP contribution in [0.3, 0.4) is 0 Å². The van der Waals surface area contributed by atoms with Gasteiger partial charge < -0.3 is 24.2 Å². The normalized spacial score (nSPS) is 20.2. The lowest BCUT2D eigenvalue weighted by molar-refractivity contribution is 0.109. The molecule has 0 atom stereocenters. The maximum Gasteiger partial charge on any atom is 0.227 e. The summed E-state index contributed by atoms with van der Waals surface area (Å²) < 4.78 is 11.0. The van der Waals surface area contributed by atoms with Gasteiger partial charge in [-0.05, 0) is 12.1 Å². The summed E-state index contributed by atoms with van der Waals surface area (Å²) in [4.78, 5) is 16.1. The van der Waals surface area contributed by atoms with Gasteiger partial charge in [0.25, 0.3) is 0 Å². The second-order valence-corrected chi connectivity index (χ2v) is 7.27. The van der Waals surface area contributed by atoms with E-state index >= 15 is 0 Å². The predicted octanol–water partition coefficient (Wildman–Crippen LogP) is 0.503. The monoisotopic (exact) mass is 383 g/mol. The van der Waals surface area contributed by atoms with Crippen LogP contribution in [0.5, 0.6) is 0 Å². The minimum absolute atomic E-state index is 0.642. The number of hydrogen-bond donors (Lipinski definition) is 0. The lowest BCUT2D eigenvalue weighted by Gasteiger charge is -2.36. The Labute approximate surface area is 164 Å². The van der Waals surface area contributed by atoms with Crippen LogP contribution < -0.4 is 14.7 Å². The van der Waals surface area contributed by atoms with Crippen LogP contribution in [0.1, 0.15) is 11.3 Å². The first-order valence-electron chi connectivity index (χ1n) is 9.96. The maximum atomic E-state index is 5.55. The van der Waals surface area contributed by atoms with Gasteiger partial charge in [-0.2, -0.15) is 10.1 Å². The van der Waals surface area contributed by atoms with E-state index in [1.807, 2.05) is 12.3 Å². The van der Waals surface area contributed by atoms with Crippen molar-refractivity contribution in [1.29, 1.82) is 0 Å². The zero-order valence-electron chi connectivity index (χ0n) is 16.0. The van der Waals surface area contributed by atoms with Crippen LogP contribution in [0.2, 0.25) is 0 Å². The summed E-state index contributed by atoms with van der Waals surface area (Å²) in [5.74, 6) is 2.73. The standard InChI is InChI=1S/C19H25N7O2/c1-3-20-19(26-8-11-27-12-9-26)21-17(1)24-4-6-25(7-5-24)18-13-15-14-28-10-2-16(15)22-23-18/h1,3,13H,2,4-12,14H2. The van der Waals surface area contributed by atoms with Gasteiger partial charge in [0.2, 0.25) is 5.95 Å². The minimum atomic E-state index is 0.642. The molecule has 0 aromatic carbocycles. The molecule has 0 amide bonds. The number of rotatable bonds is 3. The molecule has 0 saturated carbocycles. The molecule has 2 saturated heterocycles. The molecule has 0 aliphatic carbocycles. The first-order chi connectivity index (χ1) is 13.9. The molecule has 0 unspecified atom stereocenters. The molecule has 0 radical (unpaired) electrons. The van der Waals surface area contributed by atoms with Gasteiger partial charge in [0, 0.05) is 57.4 Å². The van der Waals surface area contributed by atoms with Gasteiger partial charge in [0.15, 0.2) is 5.82 Å². The molecule has 0 N–H and O–H groups in total. The molecule has 3 aliphatic rings. The maximum absolute atomic E-state index is 5.55. The lowest BCUT2D eigenvalue weighted by Crippen LogP contribution is -2.47. The van der Waals surface area contributed by atoms with Crippen LogP contribution in [0, 0.1) is 0 Å². The van der Waals surface area contributed by atoms with Crippen LogP contribution in [-0.4, -0.2) is 79.3 Å². The van der Waals surface area contributed by atoms with Crippen LogP contribution in [0.25, 0.3) is 0 Å². The van der Waals surface area contributed by atoms with Gasteiger partial charge in [0.1, 0.15) is 5.82 Å². The fourth-order valence-electron chi connectivity index (χ4n) is 3.88. The summed E-state index contributed by atoms with van der Waals surface area (Å²) >= 11 is 0. The van der Waals surface area contributed by atoms with E-state index in [0.29, 0.717) is 6.61 Å². The van der Waals surface area contributed by atoms with E-state index in [9.17, 15) is 0 Å². The van der Waals surface area contributed by atoms with Gasteiger partial charge >= 0.3 is 0 Å². The number of nitrogens with zero attached hydrogens (tertiary/aromatic N) is 7. The Bertz CT molecular complexity index is 820. The van der Waals surface area contributed by atoms with Crippen molar-refractivity contribution >= 4 is 17.6 Å². The van der Waals surface area contributed by atoms with Crippen molar-refractivity contribution in [2.24, 2.45) is 0 Å². The highest BCUT2D eigenvalue weighted by molar-refractivity contribution is 5.48. The average molecular weight is 383 g/mol. The molecule has 2 aromatic rings. The Morgan fingerprint density at radius 3 is 2.39 bits per heavy atom. The third-order valence-electron chi connectivity index (χ3n) is 5.54. The fraction of sp³-hybridized carbons (Fsp3) is 0.579. The quantitative estimate of drug-likeness (QED) is 0.753. The number of aromatic nitrogens is 4. The Hall–Kier alpha value is -2.52. The third-order valence-corrected chi connectivity index (χ3v) is 5.54. The number of ether oxygens (including phenoxy) is 2. The highest BCUT2D eigenvalue weighted by Gasteiger charge is 2.22. The van der Waals surface area contributed by atoms with Crippen molar-refractivity contribution in [2.45, 2.75) is 13.0 Å². The smallest absolute Gasteiger partial charge is 0.227 e. The van der Waals surface area contributed by atoms with E-state index in [-0.39, 0.29) is 0 Å². The van der Waals surface area contributed by atoms with Gasteiger partial charge in [-0.1, -0.05) is 0 Å². The lowest BCUT2D eigenvalue weighted by atomic mass is 10.1. The van der Waals surface area contributed by atoms with Crippen molar-refractivity contribution < 1.29 is 9.47 Å². The molecular formula is C19H25N7O2. The van der Waals surface area contributed by atoms with E-state index in [1.54, 1.807) is 0 Å².